The molecule has 0 aliphatic rings. The Morgan fingerprint density at radius 1 is 0.300 bits per heavy atom. The highest BCUT2D eigenvalue weighted by Crippen LogP contribution is 2.44. The fourth-order valence-corrected chi connectivity index (χ4v) is 9.03. The number of hydrogen-bond acceptors (Lipinski definition) is 3. The molecular formula is C55H35N5. The van der Waals surface area contributed by atoms with Crippen molar-refractivity contribution in [2.75, 3.05) is 0 Å². The van der Waals surface area contributed by atoms with Gasteiger partial charge in [0.2, 0.25) is 0 Å². The smallest absolute Gasteiger partial charge is 0.164 e. The van der Waals surface area contributed by atoms with Gasteiger partial charge in [-0.3, -0.25) is 0 Å². The Bertz CT molecular complexity index is 3530. The first kappa shape index (κ1) is 33.9. The Morgan fingerprint density at radius 2 is 0.833 bits per heavy atom. The van der Waals surface area contributed by atoms with E-state index in [1.165, 1.54) is 43.7 Å². The van der Waals surface area contributed by atoms with Gasteiger partial charge < -0.3 is 9.13 Å². The average Bonchev–Trinajstić information content (AvgIpc) is 3.85. The third-order valence-corrected chi connectivity index (χ3v) is 11.7. The van der Waals surface area contributed by atoms with Crippen molar-refractivity contribution in [2.45, 2.75) is 0 Å². The molecule has 0 spiro atoms. The minimum absolute atomic E-state index is 0.622. The van der Waals surface area contributed by atoms with Gasteiger partial charge in [-0.1, -0.05) is 170 Å². The van der Waals surface area contributed by atoms with Crippen LogP contribution in [0.1, 0.15) is 0 Å². The summed E-state index contributed by atoms with van der Waals surface area (Å²) in [5, 5.41) is 7.08. The van der Waals surface area contributed by atoms with E-state index < -0.39 is 0 Å². The number of nitrogens with zero attached hydrogens (tertiary/aromatic N) is 5. The summed E-state index contributed by atoms with van der Waals surface area (Å²) in [6.07, 6.45) is 0. The second-order valence-corrected chi connectivity index (χ2v) is 15.2. The number of rotatable bonds is 6. The first-order valence-electron chi connectivity index (χ1n) is 20.3. The first-order chi connectivity index (χ1) is 29.8. The van der Waals surface area contributed by atoms with Crippen LogP contribution in [0.4, 0.5) is 0 Å². The minimum atomic E-state index is 0.622. The van der Waals surface area contributed by atoms with Crippen molar-refractivity contribution in [3.63, 3.8) is 0 Å². The van der Waals surface area contributed by atoms with Gasteiger partial charge in [0, 0.05) is 49.3 Å². The summed E-state index contributed by atoms with van der Waals surface area (Å²) in [7, 11) is 0. The molecule has 0 saturated carbocycles. The van der Waals surface area contributed by atoms with Crippen molar-refractivity contribution in [2.24, 2.45) is 0 Å². The van der Waals surface area contributed by atoms with Crippen LogP contribution >= 0.6 is 0 Å². The predicted molar refractivity (Wildman–Crippen MR) is 248 cm³/mol. The van der Waals surface area contributed by atoms with Crippen molar-refractivity contribution in [1.29, 1.82) is 0 Å². The zero-order valence-corrected chi connectivity index (χ0v) is 32.4. The second-order valence-electron chi connectivity index (χ2n) is 15.2. The van der Waals surface area contributed by atoms with Crippen LogP contribution in [0.3, 0.4) is 0 Å². The summed E-state index contributed by atoms with van der Waals surface area (Å²) < 4.78 is 4.90. The largest absolute Gasteiger partial charge is 0.309 e. The van der Waals surface area contributed by atoms with E-state index in [2.05, 4.69) is 185 Å². The van der Waals surface area contributed by atoms with Crippen LogP contribution in [-0.2, 0) is 0 Å². The van der Waals surface area contributed by atoms with Gasteiger partial charge in [-0.25, -0.2) is 15.0 Å². The molecular weight excluding hydrogens is 731 g/mol. The van der Waals surface area contributed by atoms with Gasteiger partial charge in [-0.2, -0.15) is 0 Å². The fraction of sp³-hybridized carbons (Fsp3) is 0. The molecule has 0 N–H and O–H groups in total. The molecule has 3 heterocycles. The molecule has 0 saturated heterocycles. The third kappa shape index (κ3) is 5.44. The van der Waals surface area contributed by atoms with E-state index in [9.17, 15) is 0 Å². The molecule has 0 radical (unpaired) electrons. The summed E-state index contributed by atoms with van der Waals surface area (Å²) in [5.41, 5.74) is 12.0. The Hall–Kier alpha value is -8.15. The topological polar surface area (TPSA) is 48.5 Å². The standard InChI is InChI=1S/C55H35N5/c1-4-17-36(18-5-1)39-24-16-25-42(34-39)59-47-29-14-12-27-44(47)45-31-32-49-51(52(45)59)46-28-13-15-30-48(46)60(49)50-35-41(33-40-23-10-11-26-43(40)50)55-57-53(37-19-6-2-7-20-37)56-54(58-55)38-21-8-3-9-22-38/h1-35H. The summed E-state index contributed by atoms with van der Waals surface area (Å²) in [5.74, 6) is 1.89. The van der Waals surface area contributed by atoms with Crippen molar-refractivity contribution < 1.29 is 0 Å². The maximum atomic E-state index is 5.16. The lowest BCUT2D eigenvalue weighted by molar-refractivity contribution is 1.07. The zero-order valence-electron chi connectivity index (χ0n) is 32.4. The summed E-state index contributed by atoms with van der Waals surface area (Å²) in [6, 6.07) is 75.2. The van der Waals surface area contributed by atoms with Crippen molar-refractivity contribution in [1.82, 2.24) is 24.1 Å². The van der Waals surface area contributed by atoms with Gasteiger partial charge in [0.15, 0.2) is 17.5 Å². The van der Waals surface area contributed by atoms with E-state index in [-0.39, 0.29) is 0 Å². The molecule has 12 aromatic rings. The van der Waals surface area contributed by atoms with Crippen molar-refractivity contribution in [3.05, 3.63) is 212 Å². The van der Waals surface area contributed by atoms with E-state index in [0.717, 1.165) is 49.9 Å². The van der Waals surface area contributed by atoms with Crippen molar-refractivity contribution >= 4 is 54.4 Å². The summed E-state index contributed by atoms with van der Waals surface area (Å²) in [4.78, 5) is 15.3. The molecule has 0 unspecified atom stereocenters. The van der Waals surface area contributed by atoms with Gasteiger partial charge in [0.25, 0.3) is 0 Å². The molecule has 3 aromatic heterocycles. The Morgan fingerprint density at radius 3 is 1.52 bits per heavy atom. The number of fused-ring (bicyclic) bond motifs is 8. The highest BCUT2D eigenvalue weighted by molar-refractivity contribution is 6.26. The Labute approximate surface area is 346 Å². The SMILES string of the molecule is c1ccc(-c2cccc(-n3c4ccccc4c4ccc5c(c6ccccc6n5-c5cc(-c6nc(-c7ccccc7)nc(-c7ccccc7)n6)cc6ccccc56)c43)c2)cc1. The van der Waals surface area contributed by atoms with Gasteiger partial charge in [-0.05, 0) is 59.0 Å². The molecule has 0 fully saturated rings. The predicted octanol–water partition coefficient (Wildman–Crippen LogP) is 13.9. The molecule has 280 valence electrons. The van der Waals surface area contributed by atoms with Crippen LogP contribution in [0, 0.1) is 0 Å². The van der Waals surface area contributed by atoms with Crippen LogP contribution in [0.5, 0.6) is 0 Å². The number of para-hydroxylation sites is 2. The highest BCUT2D eigenvalue weighted by Gasteiger charge is 2.23. The molecule has 5 nitrogen and oxygen atoms in total. The molecule has 0 amide bonds. The second kappa shape index (κ2) is 13.8. The Kier molecular flexibility index (Phi) is 7.78. The van der Waals surface area contributed by atoms with Crippen LogP contribution in [-0.4, -0.2) is 24.1 Å². The first-order valence-corrected chi connectivity index (χ1v) is 20.3. The molecule has 0 atom stereocenters. The zero-order chi connectivity index (χ0) is 39.6. The molecule has 12 rings (SSSR count). The minimum Gasteiger partial charge on any atom is -0.309 e. The monoisotopic (exact) mass is 765 g/mol. The van der Waals surface area contributed by atoms with E-state index in [1.807, 2.05) is 36.4 Å². The van der Waals surface area contributed by atoms with Crippen molar-refractivity contribution in [3.8, 4) is 56.7 Å². The Balaban J connectivity index is 1.15. The van der Waals surface area contributed by atoms with Gasteiger partial charge in [0.05, 0.1) is 27.8 Å². The lowest BCUT2D eigenvalue weighted by Gasteiger charge is -2.15. The molecule has 60 heavy (non-hydrogen) atoms. The third-order valence-electron chi connectivity index (χ3n) is 11.7. The number of aromatic nitrogens is 5. The summed E-state index contributed by atoms with van der Waals surface area (Å²) in [6.45, 7) is 0. The van der Waals surface area contributed by atoms with E-state index in [4.69, 9.17) is 15.0 Å². The molecule has 0 bridgehead atoms. The quantitative estimate of drug-likeness (QED) is 0.169. The van der Waals surface area contributed by atoms with Crippen LogP contribution in [0.2, 0.25) is 0 Å². The molecule has 0 aliphatic carbocycles. The van der Waals surface area contributed by atoms with Crippen LogP contribution in [0.15, 0.2) is 212 Å². The lowest BCUT2D eigenvalue weighted by atomic mass is 10.0. The number of benzene rings is 9. The van der Waals surface area contributed by atoms with E-state index in [1.54, 1.807) is 0 Å². The van der Waals surface area contributed by atoms with Gasteiger partial charge >= 0.3 is 0 Å². The molecule has 5 heteroatoms. The normalized spacial score (nSPS) is 11.7. The summed E-state index contributed by atoms with van der Waals surface area (Å²) >= 11 is 0. The highest BCUT2D eigenvalue weighted by atomic mass is 15.0. The molecule has 9 aromatic carbocycles. The maximum absolute atomic E-state index is 5.16. The average molecular weight is 766 g/mol. The number of hydrogen-bond donors (Lipinski definition) is 0. The van der Waals surface area contributed by atoms with E-state index >= 15 is 0 Å². The lowest BCUT2D eigenvalue weighted by Crippen LogP contribution is -2.02. The van der Waals surface area contributed by atoms with Gasteiger partial charge in [0.1, 0.15) is 0 Å². The van der Waals surface area contributed by atoms with E-state index in [0.29, 0.717) is 17.5 Å². The van der Waals surface area contributed by atoms with Gasteiger partial charge in [-0.15, -0.1) is 0 Å². The van der Waals surface area contributed by atoms with Crippen LogP contribution < -0.4 is 0 Å². The molecule has 0 aliphatic heterocycles. The fourth-order valence-electron chi connectivity index (χ4n) is 9.03. The van der Waals surface area contributed by atoms with Crippen LogP contribution in [0.25, 0.3) is 111 Å². The maximum Gasteiger partial charge on any atom is 0.164 e.